The van der Waals surface area contributed by atoms with Crippen molar-refractivity contribution in [2.24, 2.45) is 4.99 Å². The Morgan fingerprint density at radius 3 is 2.14 bits per heavy atom. The second kappa shape index (κ2) is 19.0. The summed E-state index contributed by atoms with van der Waals surface area (Å²) in [5.41, 5.74) is 4.10. The molecule has 0 bridgehead atoms. The summed E-state index contributed by atoms with van der Waals surface area (Å²) < 4.78 is 16.9. The van der Waals surface area contributed by atoms with Gasteiger partial charge in [-0.25, -0.2) is 9.78 Å². The molecular formula is C40H46N3O7-. The van der Waals surface area contributed by atoms with Crippen LogP contribution < -0.4 is 19.9 Å². The molecule has 50 heavy (non-hydrogen) atoms. The number of carbonyl (C=O) groups is 2. The topological polar surface area (TPSA) is 142 Å². The van der Waals surface area contributed by atoms with Crippen LogP contribution in [0.25, 0.3) is 22.4 Å². The van der Waals surface area contributed by atoms with Crippen LogP contribution in [0.5, 0.6) is 11.6 Å². The number of carboxylic acids is 1. The van der Waals surface area contributed by atoms with Gasteiger partial charge in [-0.15, -0.1) is 0 Å². The number of amides is 1. The summed E-state index contributed by atoms with van der Waals surface area (Å²) in [6.45, 7) is 6.45. The monoisotopic (exact) mass is 680 g/mol. The highest BCUT2D eigenvalue weighted by Gasteiger charge is 2.20. The van der Waals surface area contributed by atoms with Crippen LogP contribution in [0.4, 0.5) is 0 Å². The average molecular weight is 681 g/mol. The van der Waals surface area contributed by atoms with Crippen LogP contribution in [0.2, 0.25) is 0 Å². The Kier molecular flexibility index (Phi) is 14.2. The highest BCUT2D eigenvalue weighted by atomic mass is 16.6. The van der Waals surface area contributed by atoms with E-state index in [0.29, 0.717) is 37.7 Å². The number of carbonyl (C=O) groups excluding carboxylic acids is 1. The fourth-order valence-electron chi connectivity index (χ4n) is 5.02. The molecule has 2 N–H and O–H groups in total. The van der Waals surface area contributed by atoms with Crippen LogP contribution >= 0.6 is 0 Å². The molecule has 0 aliphatic carbocycles. The molecule has 0 aliphatic rings. The van der Waals surface area contributed by atoms with Gasteiger partial charge in [0.05, 0.1) is 18.9 Å². The van der Waals surface area contributed by atoms with E-state index in [0.717, 1.165) is 40.8 Å². The maximum absolute atomic E-state index is 12.6. The van der Waals surface area contributed by atoms with Gasteiger partial charge in [0.1, 0.15) is 17.9 Å². The largest absolute Gasteiger partial charge is 0.595 e. The first-order valence-electron chi connectivity index (χ1n) is 17.0. The Labute approximate surface area is 294 Å². The van der Waals surface area contributed by atoms with Gasteiger partial charge in [-0.3, -0.25) is 9.79 Å². The lowest BCUT2D eigenvalue weighted by Gasteiger charge is -2.29. The second-order valence-electron chi connectivity index (χ2n) is 12.8. The van der Waals surface area contributed by atoms with Crippen molar-refractivity contribution >= 4 is 18.0 Å². The molecule has 0 aliphatic heterocycles. The van der Waals surface area contributed by atoms with Gasteiger partial charge in [0.25, 0.3) is 0 Å². The van der Waals surface area contributed by atoms with Crippen molar-refractivity contribution in [3.63, 3.8) is 0 Å². The number of rotatable bonds is 18. The van der Waals surface area contributed by atoms with E-state index >= 15 is 0 Å². The number of aromatic nitrogens is 1. The molecule has 10 nitrogen and oxygen atoms in total. The molecule has 0 saturated heterocycles. The zero-order valence-electron chi connectivity index (χ0n) is 29.0. The van der Waals surface area contributed by atoms with E-state index in [1.165, 1.54) is 0 Å². The van der Waals surface area contributed by atoms with Gasteiger partial charge in [0.2, 0.25) is 11.8 Å². The summed E-state index contributed by atoms with van der Waals surface area (Å²) in [5.74, 6) is -0.249. The highest BCUT2D eigenvalue weighted by Crippen LogP contribution is 2.29. The number of benzene rings is 3. The summed E-state index contributed by atoms with van der Waals surface area (Å²) >= 11 is 0. The molecule has 0 radical (unpaired) electrons. The van der Waals surface area contributed by atoms with Crippen molar-refractivity contribution in [1.82, 2.24) is 10.3 Å². The van der Waals surface area contributed by atoms with E-state index in [2.05, 4.69) is 28.5 Å². The predicted molar refractivity (Wildman–Crippen MR) is 192 cm³/mol. The fourth-order valence-corrected chi connectivity index (χ4v) is 5.02. The van der Waals surface area contributed by atoms with Crippen LogP contribution in [-0.4, -0.2) is 59.5 Å². The van der Waals surface area contributed by atoms with Gasteiger partial charge in [0.15, 0.2) is 0 Å². The van der Waals surface area contributed by atoms with Gasteiger partial charge in [-0.1, -0.05) is 93.6 Å². The molecule has 0 spiro atoms. The number of nitrogens with one attached hydrogen (secondary N) is 1. The van der Waals surface area contributed by atoms with Crippen LogP contribution in [0.3, 0.4) is 0 Å². The number of unbranched alkanes of at least 4 members (excludes halogenated alkanes) is 2. The van der Waals surface area contributed by atoms with Crippen LogP contribution in [0, 0.1) is 0 Å². The van der Waals surface area contributed by atoms with Crippen molar-refractivity contribution in [3.05, 3.63) is 103 Å². The van der Waals surface area contributed by atoms with Crippen LogP contribution in [0.1, 0.15) is 58.4 Å². The molecule has 4 aromatic rings. The zero-order chi connectivity index (χ0) is 35.8. The van der Waals surface area contributed by atoms with Gasteiger partial charge in [-0.05, 0) is 54.2 Å². The maximum Gasteiger partial charge on any atom is 0.326 e. The van der Waals surface area contributed by atoms with E-state index in [4.69, 9.17) is 19.2 Å². The Morgan fingerprint density at radius 2 is 1.48 bits per heavy atom. The molecular weight excluding hydrogens is 634 g/mol. The number of hydrogen-bond acceptors (Lipinski definition) is 8. The third-order valence-electron chi connectivity index (χ3n) is 7.48. The summed E-state index contributed by atoms with van der Waals surface area (Å²) in [7, 11) is 0. The molecule has 264 valence electrons. The van der Waals surface area contributed by atoms with E-state index < -0.39 is 23.7 Å². The fraction of sp³-hybridized carbons (Fsp3) is 0.350. The minimum atomic E-state index is -1.10. The number of aliphatic carboxylic acids is 1. The second-order valence-corrected chi connectivity index (χ2v) is 12.8. The highest BCUT2D eigenvalue weighted by molar-refractivity contribution is 5.83. The SMILES string of the molecule is CC(C)(C)OC([O-])=NCCCOc1ccc(CC(NC(=O)CCCCCOc2cc(-c3ccccc3)cc(-c3ccccc3)n2)C(=O)O)cc1. The van der Waals surface area contributed by atoms with Crippen LogP contribution in [0.15, 0.2) is 102 Å². The lowest BCUT2D eigenvalue weighted by molar-refractivity contribution is -0.260. The Morgan fingerprint density at radius 1 is 0.820 bits per heavy atom. The van der Waals surface area contributed by atoms with Gasteiger partial charge in [-0.2, -0.15) is 0 Å². The molecule has 1 atom stereocenters. The van der Waals surface area contributed by atoms with Crippen molar-refractivity contribution < 1.29 is 34.0 Å². The minimum Gasteiger partial charge on any atom is -0.595 e. The van der Waals surface area contributed by atoms with Crippen molar-refractivity contribution in [2.75, 3.05) is 19.8 Å². The standard InChI is InChI=1S/C40H47N3O7/c1-40(2,3)50-39(47)41-23-13-25-48-33-21-19-29(20-22-33)26-35(38(45)46)42-36(44)18-11-6-12-24-49-37-28-32(30-14-7-4-8-15-30)27-34(43-37)31-16-9-5-10-17-31/h4-5,7-10,14-17,19-22,27-28,35H,6,11-13,18,23-26H2,1-3H3,(H,41,47)(H,42,44)(H,45,46)/p-1. The van der Waals surface area contributed by atoms with E-state index in [1.54, 1.807) is 45.0 Å². The zero-order valence-corrected chi connectivity index (χ0v) is 29.0. The number of nitrogens with zero attached hydrogens (tertiary/aromatic N) is 2. The van der Waals surface area contributed by atoms with E-state index in [9.17, 15) is 19.8 Å². The summed E-state index contributed by atoms with van der Waals surface area (Å²) in [4.78, 5) is 33.1. The van der Waals surface area contributed by atoms with Crippen molar-refractivity contribution in [1.29, 1.82) is 0 Å². The lowest BCUT2D eigenvalue weighted by Crippen LogP contribution is -2.42. The molecule has 0 saturated carbocycles. The molecule has 3 aromatic carbocycles. The number of pyridine rings is 1. The summed E-state index contributed by atoms with van der Waals surface area (Å²) in [6, 6.07) is 30.1. The Hall–Kier alpha value is -5.38. The molecule has 1 unspecified atom stereocenters. The molecule has 0 fully saturated rings. The lowest BCUT2D eigenvalue weighted by atomic mass is 10.0. The van der Waals surface area contributed by atoms with Gasteiger partial charge < -0.3 is 29.7 Å². The number of ether oxygens (including phenoxy) is 3. The Balaban J connectivity index is 1.17. The Bertz CT molecular complexity index is 1610. The normalized spacial score (nSPS) is 12.2. The third kappa shape index (κ3) is 13.3. The number of carboxylic acid groups (broad SMARTS) is 1. The minimum absolute atomic E-state index is 0.143. The average Bonchev–Trinajstić information content (AvgIpc) is 3.10. The summed E-state index contributed by atoms with van der Waals surface area (Å²) in [5, 5.41) is 24.0. The third-order valence-corrected chi connectivity index (χ3v) is 7.48. The molecule has 1 aromatic heterocycles. The molecule has 10 heteroatoms. The quantitative estimate of drug-likeness (QED) is 0.0692. The van der Waals surface area contributed by atoms with Gasteiger partial charge >= 0.3 is 5.97 Å². The van der Waals surface area contributed by atoms with Crippen molar-refractivity contribution in [3.8, 4) is 34.0 Å². The van der Waals surface area contributed by atoms with E-state index in [1.807, 2.05) is 54.6 Å². The molecule has 4 rings (SSSR count). The first-order valence-corrected chi connectivity index (χ1v) is 17.0. The first kappa shape index (κ1) is 37.4. The first-order chi connectivity index (χ1) is 24.1. The van der Waals surface area contributed by atoms with Crippen LogP contribution in [-0.2, 0) is 20.7 Å². The summed E-state index contributed by atoms with van der Waals surface area (Å²) in [6.07, 6.45) is 2.37. The number of hydrogen-bond donors (Lipinski definition) is 2. The molecule has 1 heterocycles. The predicted octanol–water partition coefficient (Wildman–Crippen LogP) is 6.47. The molecule has 1 amide bonds. The maximum atomic E-state index is 12.6. The van der Waals surface area contributed by atoms with Gasteiger partial charge in [0, 0.05) is 43.0 Å². The smallest absolute Gasteiger partial charge is 0.326 e. The van der Waals surface area contributed by atoms with E-state index in [-0.39, 0.29) is 25.3 Å². The van der Waals surface area contributed by atoms with Crippen molar-refractivity contribution in [2.45, 2.75) is 70.9 Å². The number of aliphatic imine (C=N–C) groups is 1.